The minimum Gasteiger partial charge on any atom is -0.437 e. The Morgan fingerprint density at radius 3 is 2.34 bits per heavy atom. The highest BCUT2D eigenvalue weighted by Gasteiger charge is 2.32. The van der Waals surface area contributed by atoms with Gasteiger partial charge in [0.15, 0.2) is 0 Å². The highest BCUT2D eigenvalue weighted by molar-refractivity contribution is 6.35. The van der Waals surface area contributed by atoms with Crippen molar-refractivity contribution in [3.8, 4) is 22.9 Å². The predicted molar refractivity (Wildman–Crippen MR) is 177 cm³/mol. The number of halogens is 2. The lowest BCUT2D eigenvalue weighted by atomic mass is 9.80. The number of hydrogen-bond donors (Lipinski definition) is 1. The van der Waals surface area contributed by atoms with Crippen LogP contribution in [0.3, 0.4) is 0 Å². The maximum atomic E-state index is 11.3. The van der Waals surface area contributed by atoms with E-state index in [0.29, 0.717) is 27.6 Å². The molecular formula is C34H42Cl2N6O2. The fourth-order valence-corrected chi connectivity index (χ4v) is 7.19. The zero-order chi connectivity index (χ0) is 30.6. The fourth-order valence-electron chi connectivity index (χ4n) is 6.66. The molecule has 0 radical (unpaired) electrons. The van der Waals surface area contributed by atoms with Crippen LogP contribution in [0.1, 0.15) is 45.1 Å². The van der Waals surface area contributed by atoms with E-state index in [1.165, 1.54) is 12.8 Å². The standard InChI is InChI=1S/C34H42Cl2N6O2/c1-23-13-30(14-23)41-9-11-42(12-10-41)33-4-3-31(21-38-33)44-34-16-26(15-32(39-34)27-17-28(35)19-29(36)18-27)22-40-7-5-25(6-8-40)20-37-24(2)43/h3-4,15-19,21,23,25,30H,5-14,20,22H2,1-2H3,(H,37,43). The number of hydrogen-bond acceptors (Lipinski definition) is 7. The van der Waals surface area contributed by atoms with Gasteiger partial charge >= 0.3 is 0 Å². The topological polar surface area (TPSA) is 73.8 Å². The number of piperazine rings is 1. The first-order chi connectivity index (χ1) is 21.3. The number of anilines is 1. The number of likely N-dealkylation sites (tertiary alicyclic amines) is 1. The van der Waals surface area contributed by atoms with Crippen molar-refractivity contribution in [1.29, 1.82) is 0 Å². The van der Waals surface area contributed by atoms with Gasteiger partial charge in [-0.05, 0) is 92.6 Å². The van der Waals surface area contributed by atoms with E-state index in [1.807, 2.05) is 30.3 Å². The van der Waals surface area contributed by atoms with Gasteiger partial charge in [0.25, 0.3) is 0 Å². The van der Waals surface area contributed by atoms with E-state index < -0.39 is 0 Å². The molecule has 1 amide bonds. The van der Waals surface area contributed by atoms with Crippen molar-refractivity contribution >= 4 is 34.9 Å². The van der Waals surface area contributed by atoms with Gasteiger partial charge in [-0.2, -0.15) is 0 Å². The Kier molecular flexibility index (Phi) is 9.91. The largest absolute Gasteiger partial charge is 0.437 e. The Bertz CT molecular complexity index is 1410. The van der Waals surface area contributed by atoms with Crippen LogP contribution >= 0.6 is 23.2 Å². The SMILES string of the molecule is CC(=O)NCC1CCN(Cc2cc(Oc3ccc(N4CCN(C5CC(C)C5)CC4)nc3)nc(-c3cc(Cl)cc(Cl)c3)c2)CC1. The molecule has 8 nitrogen and oxygen atoms in total. The third-order valence-electron chi connectivity index (χ3n) is 9.22. The van der Waals surface area contributed by atoms with Crippen molar-refractivity contribution in [3.63, 3.8) is 0 Å². The highest BCUT2D eigenvalue weighted by Crippen LogP contribution is 2.33. The molecule has 2 aromatic heterocycles. The molecule has 0 unspecified atom stereocenters. The molecule has 3 fully saturated rings. The number of benzene rings is 1. The first-order valence-corrected chi connectivity index (χ1v) is 16.6. The van der Waals surface area contributed by atoms with Crippen molar-refractivity contribution in [1.82, 2.24) is 25.1 Å². The normalized spacial score (nSPS) is 21.6. The predicted octanol–water partition coefficient (Wildman–Crippen LogP) is 6.51. The average molecular weight is 638 g/mol. The van der Waals surface area contributed by atoms with Crippen LogP contribution in [0.25, 0.3) is 11.3 Å². The molecule has 3 aromatic rings. The molecule has 10 heteroatoms. The minimum atomic E-state index is 0.0343. The second-order valence-corrected chi connectivity index (χ2v) is 13.6. The van der Waals surface area contributed by atoms with Gasteiger partial charge in [0.1, 0.15) is 11.6 Å². The summed E-state index contributed by atoms with van der Waals surface area (Å²) in [4.78, 5) is 28.4. The molecule has 4 heterocycles. The maximum Gasteiger partial charge on any atom is 0.220 e. The van der Waals surface area contributed by atoms with Crippen molar-refractivity contribution in [3.05, 3.63) is 64.3 Å². The number of carbonyl (C=O) groups is 1. The van der Waals surface area contributed by atoms with Crippen LogP contribution < -0.4 is 15.0 Å². The summed E-state index contributed by atoms with van der Waals surface area (Å²) in [6.45, 7) is 11.6. The number of piperidine rings is 1. The summed E-state index contributed by atoms with van der Waals surface area (Å²) in [5.41, 5.74) is 2.70. The molecule has 2 aliphatic heterocycles. The minimum absolute atomic E-state index is 0.0343. The number of amides is 1. The Morgan fingerprint density at radius 1 is 0.977 bits per heavy atom. The lowest BCUT2D eigenvalue weighted by molar-refractivity contribution is -0.119. The van der Waals surface area contributed by atoms with Crippen molar-refractivity contribution < 1.29 is 9.53 Å². The number of nitrogens with one attached hydrogen (secondary N) is 1. The fraction of sp³-hybridized carbons (Fsp3) is 0.500. The van der Waals surface area contributed by atoms with E-state index >= 15 is 0 Å². The molecule has 0 spiro atoms. The molecule has 234 valence electrons. The summed E-state index contributed by atoms with van der Waals surface area (Å²) in [5, 5.41) is 4.09. The molecule has 1 aliphatic carbocycles. The van der Waals surface area contributed by atoms with E-state index in [1.54, 1.807) is 19.2 Å². The summed E-state index contributed by atoms with van der Waals surface area (Å²) in [7, 11) is 0. The molecule has 0 atom stereocenters. The quantitative estimate of drug-likeness (QED) is 0.287. The van der Waals surface area contributed by atoms with Gasteiger partial charge in [0, 0.05) is 73.9 Å². The third kappa shape index (κ3) is 8.02. The lowest BCUT2D eigenvalue weighted by Crippen LogP contribution is -2.53. The van der Waals surface area contributed by atoms with Crippen LogP contribution in [0, 0.1) is 11.8 Å². The molecule has 1 saturated carbocycles. The van der Waals surface area contributed by atoms with Gasteiger partial charge < -0.3 is 15.0 Å². The molecule has 6 rings (SSSR count). The first-order valence-electron chi connectivity index (χ1n) is 15.8. The molecule has 1 aromatic carbocycles. The van der Waals surface area contributed by atoms with Crippen molar-refractivity contribution in [2.45, 2.75) is 52.1 Å². The van der Waals surface area contributed by atoms with E-state index in [2.05, 4.69) is 33.0 Å². The molecule has 3 aliphatic rings. The molecule has 1 N–H and O–H groups in total. The smallest absolute Gasteiger partial charge is 0.220 e. The number of ether oxygens (including phenoxy) is 1. The lowest BCUT2D eigenvalue weighted by Gasteiger charge is -2.45. The van der Waals surface area contributed by atoms with E-state index in [9.17, 15) is 4.79 Å². The Morgan fingerprint density at radius 2 is 1.70 bits per heavy atom. The Labute approximate surface area is 270 Å². The van der Waals surface area contributed by atoms with Crippen molar-refractivity contribution in [2.24, 2.45) is 11.8 Å². The maximum absolute atomic E-state index is 11.3. The number of carbonyl (C=O) groups excluding carboxylic acids is 1. The van der Waals surface area contributed by atoms with Crippen LogP contribution in [0.5, 0.6) is 11.6 Å². The summed E-state index contributed by atoms with van der Waals surface area (Å²) >= 11 is 12.7. The highest BCUT2D eigenvalue weighted by atomic mass is 35.5. The van der Waals surface area contributed by atoms with Crippen molar-refractivity contribution in [2.75, 3.05) is 50.7 Å². The Hall–Kier alpha value is -2.91. The van der Waals surface area contributed by atoms with E-state index in [4.69, 9.17) is 37.9 Å². The van der Waals surface area contributed by atoms with Gasteiger partial charge in [0.05, 0.1) is 11.9 Å². The summed E-state index contributed by atoms with van der Waals surface area (Å²) in [5.74, 6) is 3.56. The second kappa shape index (κ2) is 14.0. The van der Waals surface area contributed by atoms with Gasteiger partial charge in [-0.15, -0.1) is 0 Å². The van der Waals surface area contributed by atoms with E-state index in [-0.39, 0.29) is 5.91 Å². The van der Waals surface area contributed by atoms with Gasteiger partial charge in [0.2, 0.25) is 11.8 Å². The molecular weight excluding hydrogens is 595 g/mol. The number of aromatic nitrogens is 2. The molecule has 44 heavy (non-hydrogen) atoms. The first kappa shape index (κ1) is 31.1. The van der Waals surface area contributed by atoms with Crippen LogP contribution in [0.2, 0.25) is 10.0 Å². The average Bonchev–Trinajstić information content (AvgIpc) is 2.99. The molecule has 2 saturated heterocycles. The number of nitrogens with zero attached hydrogens (tertiary/aromatic N) is 5. The van der Waals surface area contributed by atoms with Crippen LogP contribution in [0.4, 0.5) is 5.82 Å². The zero-order valence-electron chi connectivity index (χ0n) is 25.6. The second-order valence-electron chi connectivity index (χ2n) is 12.7. The third-order valence-corrected chi connectivity index (χ3v) is 9.66. The number of rotatable bonds is 9. The summed E-state index contributed by atoms with van der Waals surface area (Å²) in [6.07, 6.45) is 6.57. The van der Waals surface area contributed by atoms with Crippen LogP contribution in [-0.4, -0.2) is 77.5 Å². The van der Waals surface area contributed by atoms with Gasteiger partial charge in [-0.3, -0.25) is 14.6 Å². The molecule has 0 bridgehead atoms. The summed E-state index contributed by atoms with van der Waals surface area (Å²) in [6, 6.07) is 14.4. The number of pyridine rings is 2. The van der Waals surface area contributed by atoms with Gasteiger partial charge in [-0.1, -0.05) is 30.1 Å². The van der Waals surface area contributed by atoms with E-state index in [0.717, 1.165) is 99.8 Å². The van der Waals surface area contributed by atoms with Gasteiger partial charge in [-0.25, -0.2) is 9.97 Å². The zero-order valence-corrected chi connectivity index (χ0v) is 27.2. The summed E-state index contributed by atoms with van der Waals surface area (Å²) < 4.78 is 6.30. The monoisotopic (exact) mass is 636 g/mol. The Balaban J connectivity index is 1.13. The van der Waals surface area contributed by atoms with Crippen LogP contribution in [0.15, 0.2) is 48.7 Å². The van der Waals surface area contributed by atoms with Crippen LogP contribution in [-0.2, 0) is 11.3 Å².